The summed E-state index contributed by atoms with van der Waals surface area (Å²) in [6.45, 7) is 0. The number of para-hydroxylation sites is 3. The van der Waals surface area contributed by atoms with Crippen LogP contribution < -0.4 is 4.90 Å². The van der Waals surface area contributed by atoms with Crippen molar-refractivity contribution < 1.29 is 0 Å². The number of nitrogens with zero attached hydrogens (tertiary/aromatic N) is 2. The minimum atomic E-state index is 0.716. The highest BCUT2D eigenvalue weighted by Gasteiger charge is 2.17. The van der Waals surface area contributed by atoms with Gasteiger partial charge in [-0.15, -0.1) is 0 Å². The van der Waals surface area contributed by atoms with Gasteiger partial charge >= 0.3 is 0 Å². The van der Waals surface area contributed by atoms with Crippen LogP contribution in [0.3, 0.4) is 0 Å². The Kier molecular flexibility index (Phi) is 4.86. The molecule has 0 radical (unpaired) electrons. The fourth-order valence-electron chi connectivity index (χ4n) is 4.59. The van der Waals surface area contributed by atoms with E-state index in [0.29, 0.717) is 5.02 Å². The number of benzene rings is 5. The summed E-state index contributed by atoms with van der Waals surface area (Å²) in [5.74, 6) is 0. The molecule has 0 spiro atoms. The molecule has 0 N–H and O–H groups in total. The van der Waals surface area contributed by atoms with Crippen molar-refractivity contribution >= 4 is 50.5 Å². The molecule has 0 atom stereocenters. The Hall–Kier alpha value is -4.01. The van der Waals surface area contributed by atoms with Crippen LogP contribution in [0.2, 0.25) is 5.02 Å². The van der Waals surface area contributed by atoms with Gasteiger partial charge in [0.2, 0.25) is 0 Å². The van der Waals surface area contributed by atoms with Crippen molar-refractivity contribution in [1.82, 2.24) is 4.57 Å². The highest BCUT2D eigenvalue weighted by molar-refractivity contribution is 6.30. The van der Waals surface area contributed by atoms with Gasteiger partial charge in [0, 0.05) is 38.5 Å². The first-order valence-corrected chi connectivity index (χ1v) is 11.4. The van der Waals surface area contributed by atoms with E-state index in [4.69, 9.17) is 11.6 Å². The summed E-state index contributed by atoms with van der Waals surface area (Å²) >= 11 is 6.39. The Bertz CT molecular complexity index is 1570. The third kappa shape index (κ3) is 3.45. The molecule has 5 aromatic carbocycles. The van der Waals surface area contributed by atoms with Crippen molar-refractivity contribution in [2.24, 2.45) is 0 Å². The Morgan fingerprint density at radius 1 is 0.485 bits per heavy atom. The molecule has 1 heterocycles. The molecule has 0 bridgehead atoms. The fraction of sp³-hybridized carbons (Fsp3) is 0. The van der Waals surface area contributed by atoms with E-state index in [9.17, 15) is 0 Å². The van der Waals surface area contributed by atoms with Gasteiger partial charge in [-0.3, -0.25) is 0 Å². The van der Waals surface area contributed by atoms with Gasteiger partial charge < -0.3 is 9.47 Å². The molecule has 6 aromatic rings. The predicted octanol–water partition coefficient (Wildman–Crippen LogP) is 8.91. The van der Waals surface area contributed by atoms with E-state index in [1.807, 2.05) is 24.3 Å². The van der Waals surface area contributed by atoms with Gasteiger partial charge in [-0.05, 0) is 60.7 Å². The number of fused-ring (bicyclic) bond motifs is 3. The molecule has 6 rings (SSSR count). The third-order valence-corrected chi connectivity index (χ3v) is 6.25. The molecule has 0 aliphatic heterocycles. The standard InChI is InChI=1S/C30H21ClN2/c31-22-10-9-15-25(20-22)32(23-11-3-1-4-12-23)26-18-19-28-27-16-7-8-17-29(27)33(30(28)21-26)24-13-5-2-6-14-24/h1-21H. The van der Waals surface area contributed by atoms with Crippen LogP contribution in [0.1, 0.15) is 0 Å². The smallest absolute Gasteiger partial charge is 0.0561 e. The minimum Gasteiger partial charge on any atom is -0.310 e. The normalized spacial score (nSPS) is 11.2. The van der Waals surface area contributed by atoms with E-state index in [0.717, 1.165) is 22.7 Å². The molecule has 0 amide bonds. The molecule has 0 aliphatic carbocycles. The molecule has 0 aliphatic rings. The van der Waals surface area contributed by atoms with Gasteiger partial charge in [0.05, 0.1) is 11.0 Å². The Balaban J connectivity index is 1.65. The third-order valence-electron chi connectivity index (χ3n) is 6.01. The quantitative estimate of drug-likeness (QED) is 0.263. The number of hydrogen-bond donors (Lipinski definition) is 0. The van der Waals surface area contributed by atoms with Gasteiger partial charge in [-0.1, -0.05) is 78.3 Å². The van der Waals surface area contributed by atoms with E-state index in [2.05, 4.69) is 113 Å². The molecule has 33 heavy (non-hydrogen) atoms. The lowest BCUT2D eigenvalue weighted by atomic mass is 10.1. The van der Waals surface area contributed by atoms with Crippen LogP contribution in [0.15, 0.2) is 127 Å². The molecule has 0 saturated heterocycles. The number of halogens is 1. The first kappa shape index (κ1) is 19.7. The Morgan fingerprint density at radius 3 is 1.91 bits per heavy atom. The van der Waals surface area contributed by atoms with Crippen molar-refractivity contribution in [2.45, 2.75) is 0 Å². The van der Waals surface area contributed by atoms with Crippen LogP contribution in [0.25, 0.3) is 27.5 Å². The van der Waals surface area contributed by atoms with Crippen LogP contribution >= 0.6 is 11.6 Å². The van der Waals surface area contributed by atoms with E-state index in [1.165, 1.54) is 21.8 Å². The highest BCUT2D eigenvalue weighted by atomic mass is 35.5. The van der Waals surface area contributed by atoms with Gasteiger partial charge in [-0.25, -0.2) is 0 Å². The van der Waals surface area contributed by atoms with Crippen molar-refractivity contribution in [3.63, 3.8) is 0 Å². The molecule has 0 fully saturated rings. The second-order valence-corrected chi connectivity index (χ2v) is 8.48. The fourth-order valence-corrected chi connectivity index (χ4v) is 4.78. The number of anilines is 3. The van der Waals surface area contributed by atoms with Crippen LogP contribution in [0.4, 0.5) is 17.1 Å². The van der Waals surface area contributed by atoms with Crippen LogP contribution in [0, 0.1) is 0 Å². The molecular formula is C30H21ClN2. The lowest BCUT2D eigenvalue weighted by Gasteiger charge is -2.26. The Morgan fingerprint density at radius 2 is 1.12 bits per heavy atom. The summed E-state index contributed by atoms with van der Waals surface area (Å²) in [6.07, 6.45) is 0. The second kappa shape index (κ2) is 8.16. The predicted molar refractivity (Wildman–Crippen MR) is 140 cm³/mol. The average Bonchev–Trinajstić information content (AvgIpc) is 3.19. The summed E-state index contributed by atoms with van der Waals surface area (Å²) in [5, 5.41) is 3.20. The van der Waals surface area contributed by atoms with Gasteiger partial charge in [0.15, 0.2) is 0 Å². The van der Waals surface area contributed by atoms with Crippen molar-refractivity contribution in [1.29, 1.82) is 0 Å². The number of rotatable bonds is 4. The van der Waals surface area contributed by atoms with E-state index >= 15 is 0 Å². The molecule has 2 nitrogen and oxygen atoms in total. The number of hydrogen-bond acceptors (Lipinski definition) is 1. The van der Waals surface area contributed by atoms with Crippen LogP contribution in [-0.4, -0.2) is 4.57 Å². The van der Waals surface area contributed by atoms with Gasteiger partial charge in [0.25, 0.3) is 0 Å². The molecule has 158 valence electrons. The van der Waals surface area contributed by atoms with Gasteiger partial charge in [0.1, 0.15) is 0 Å². The first-order chi connectivity index (χ1) is 16.3. The maximum atomic E-state index is 6.39. The first-order valence-electron chi connectivity index (χ1n) is 11.0. The zero-order chi connectivity index (χ0) is 22.2. The summed E-state index contributed by atoms with van der Waals surface area (Å²) in [7, 11) is 0. The van der Waals surface area contributed by atoms with Crippen molar-refractivity contribution in [3.8, 4) is 5.69 Å². The molecule has 0 saturated carbocycles. The molecular weight excluding hydrogens is 424 g/mol. The summed E-state index contributed by atoms with van der Waals surface area (Å²) in [5.41, 5.74) is 6.70. The SMILES string of the molecule is Clc1cccc(N(c2ccccc2)c2ccc3c4ccccc4n(-c4ccccc4)c3c2)c1. The monoisotopic (exact) mass is 444 g/mol. The summed E-state index contributed by atoms with van der Waals surface area (Å²) in [4.78, 5) is 2.25. The second-order valence-electron chi connectivity index (χ2n) is 8.04. The molecule has 0 unspecified atom stereocenters. The average molecular weight is 445 g/mol. The largest absolute Gasteiger partial charge is 0.310 e. The number of aromatic nitrogens is 1. The lowest BCUT2D eigenvalue weighted by molar-refractivity contribution is 1.18. The van der Waals surface area contributed by atoms with Gasteiger partial charge in [-0.2, -0.15) is 0 Å². The van der Waals surface area contributed by atoms with E-state index < -0.39 is 0 Å². The summed E-state index contributed by atoms with van der Waals surface area (Å²) in [6, 6.07) is 44.2. The van der Waals surface area contributed by atoms with E-state index in [1.54, 1.807) is 0 Å². The van der Waals surface area contributed by atoms with Crippen molar-refractivity contribution in [3.05, 3.63) is 132 Å². The van der Waals surface area contributed by atoms with Crippen LogP contribution in [0.5, 0.6) is 0 Å². The maximum Gasteiger partial charge on any atom is 0.0561 e. The Labute approximate surface area is 197 Å². The van der Waals surface area contributed by atoms with E-state index in [-0.39, 0.29) is 0 Å². The minimum absolute atomic E-state index is 0.716. The molecule has 1 aromatic heterocycles. The maximum absolute atomic E-state index is 6.39. The zero-order valence-corrected chi connectivity index (χ0v) is 18.7. The highest BCUT2D eigenvalue weighted by Crippen LogP contribution is 2.39. The van der Waals surface area contributed by atoms with Crippen LogP contribution in [-0.2, 0) is 0 Å². The topological polar surface area (TPSA) is 8.17 Å². The molecule has 3 heteroatoms. The summed E-state index contributed by atoms with van der Waals surface area (Å²) < 4.78 is 2.34. The lowest BCUT2D eigenvalue weighted by Crippen LogP contribution is -2.09. The van der Waals surface area contributed by atoms with Crippen molar-refractivity contribution in [2.75, 3.05) is 4.90 Å². The zero-order valence-electron chi connectivity index (χ0n) is 17.9.